The van der Waals surface area contributed by atoms with Crippen LogP contribution in [0.2, 0.25) is 0 Å². The van der Waals surface area contributed by atoms with Crippen LogP contribution in [0.25, 0.3) is 6.08 Å². The highest BCUT2D eigenvalue weighted by Gasteiger charge is 2.32. The molecule has 0 spiro atoms. The molecule has 0 bridgehead atoms. The Hall–Kier alpha value is -1.90. The number of hydroxylamine groups is 1. The number of benzene rings is 1. The standard InChI is InChI=1S/C19H27N3O4S/c23-19(20-24)10-9-15-5-1-4-8-18(15)22-13-11-16(12-14-22)21-27(25,26)17-6-2-3-7-17/h1,4-5,8-10,16-17,21,24H,2-3,6-7,11-14H2,(H,20,23). The van der Waals surface area contributed by atoms with E-state index in [4.69, 9.17) is 5.21 Å². The number of carbonyl (C=O) groups is 1. The molecule has 2 fully saturated rings. The van der Waals surface area contributed by atoms with Gasteiger partial charge in [0, 0.05) is 30.9 Å². The first kappa shape index (κ1) is 19.9. The molecule has 8 heteroatoms. The van der Waals surface area contributed by atoms with Crippen LogP contribution in [0.4, 0.5) is 5.69 Å². The molecule has 0 aromatic heterocycles. The topological polar surface area (TPSA) is 98.7 Å². The minimum atomic E-state index is -3.22. The lowest BCUT2D eigenvalue weighted by Crippen LogP contribution is -2.47. The number of anilines is 1. The third-order valence-electron chi connectivity index (χ3n) is 5.37. The number of hydrogen-bond donors (Lipinski definition) is 3. The largest absolute Gasteiger partial charge is 0.371 e. The number of carbonyl (C=O) groups excluding carboxylic acids is 1. The zero-order chi connectivity index (χ0) is 19.3. The monoisotopic (exact) mass is 393 g/mol. The smallest absolute Gasteiger partial charge is 0.267 e. The van der Waals surface area contributed by atoms with Crippen molar-refractivity contribution in [3.8, 4) is 0 Å². The predicted molar refractivity (Wildman–Crippen MR) is 105 cm³/mol. The molecule has 1 saturated carbocycles. The van der Waals surface area contributed by atoms with E-state index in [1.807, 2.05) is 24.3 Å². The molecule has 0 atom stereocenters. The molecule has 1 aliphatic heterocycles. The lowest BCUT2D eigenvalue weighted by atomic mass is 10.0. The maximum atomic E-state index is 12.5. The molecule has 27 heavy (non-hydrogen) atoms. The molecular weight excluding hydrogens is 366 g/mol. The van der Waals surface area contributed by atoms with Crippen LogP contribution < -0.4 is 15.1 Å². The Kier molecular flexibility index (Phi) is 6.51. The van der Waals surface area contributed by atoms with Crippen molar-refractivity contribution in [2.45, 2.75) is 49.8 Å². The Morgan fingerprint density at radius 1 is 1.11 bits per heavy atom. The number of amides is 1. The summed E-state index contributed by atoms with van der Waals surface area (Å²) >= 11 is 0. The van der Waals surface area contributed by atoms with E-state index in [1.165, 1.54) is 6.08 Å². The number of rotatable bonds is 6. The highest BCUT2D eigenvalue weighted by Crippen LogP contribution is 2.27. The number of hydrogen-bond acceptors (Lipinski definition) is 5. The van der Waals surface area contributed by atoms with Crippen molar-refractivity contribution in [2.24, 2.45) is 0 Å². The molecule has 1 aliphatic carbocycles. The minimum Gasteiger partial charge on any atom is -0.371 e. The Balaban J connectivity index is 1.61. The Morgan fingerprint density at radius 3 is 2.44 bits per heavy atom. The normalized spacial score (nSPS) is 19.7. The van der Waals surface area contributed by atoms with Gasteiger partial charge in [-0.1, -0.05) is 31.0 Å². The van der Waals surface area contributed by atoms with Crippen molar-refractivity contribution >= 4 is 27.7 Å². The van der Waals surface area contributed by atoms with Gasteiger partial charge in [0.15, 0.2) is 0 Å². The Morgan fingerprint density at radius 2 is 1.78 bits per heavy atom. The number of para-hydroxylation sites is 1. The van der Waals surface area contributed by atoms with E-state index in [9.17, 15) is 13.2 Å². The molecule has 1 heterocycles. The van der Waals surface area contributed by atoms with Crippen molar-refractivity contribution in [1.29, 1.82) is 0 Å². The van der Waals surface area contributed by atoms with E-state index < -0.39 is 15.9 Å². The number of sulfonamides is 1. The van der Waals surface area contributed by atoms with Crippen molar-refractivity contribution in [3.05, 3.63) is 35.9 Å². The molecule has 3 N–H and O–H groups in total. The molecule has 1 saturated heterocycles. The molecule has 7 nitrogen and oxygen atoms in total. The molecule has 1 amide bonds. The number of piperidine rings is 1. The molecule has 3 rings (SSSR count). The average Bonchev–Trinajstić information content (AvgIpc) is 3.22. The SMILES string of the molecule is O=C(C=Cc1ccccc1N1CCC(NS(=O)(=O)C2CCCC2)CC1)NO. The number of nitrogens with one attached hydrogen (secondary N) is 2. The summed E-state index contributed by atoms with van der Waals surface area (Å²) in [4.78, 5) is 13.4. The summed E-state index contributed by atoms with van der Waals surface area (Å²) in [6, 6.07) is 7.70. The second kappa shape index (κ2) is 8.86. The summed E-state index contributed by atoms with van der Waals surface area (Å²) in [5.74, 6) is -0.579. The minimum absolute atomic E-state index is 0.0188. The fourth-order valence-electron chi connectivity index (χ4n) is 3.88. The second-order valence-corrected chi connectivity index (χ2v) is 9.19. The second-order valence-electron chi connectivity index (χ2n) is 7.20. The summed E-state index contributed by atoms with van der Waals surface area (Å²) in [6.45, 7) is 1.49. The lowest BCUT2D eigenvalue weighted by Gasteiger charge is -2.35. The quantitative estimate of drug-likeness (QED) is 0.390. The van der Waals surface area contributed by atoms with Crippen LogP contribution in [-0.4, -0.2) is 43.9 Å². The van der Waals surface area contributed by atoms with Crippen molar-refractivity contribution < 1.29 is 18.4 Å². The van der Waals surface area contributed by atoms with Crippen LogP contribution in [-0.2, 0) is 14.8 Å². The van der Waals surface area contributed by atoms with Crippen LogP contribution in [0.1, 0.15) is 44.1 Å². The molecule has 148 valence electrons. The van der Waals surface area contributed by atoms with E-state index in [-0.39, 0.29) is 11.3 Å². The highest BCUT2D eigenvalue weighted by atomic mass is 32.2. The van der Waals surface area contributed by atoms with Crippen LogP contribution in [0, 0.1) is 0 Å². The van der Waals surface area contributed by atoms with Gasteiger partial charge >= 0.3 is 0 Å². The van der Waals surface area contributed by atoms with Crippen LogP contribution in [0.15, 0.2) is 30.3 Å². The van der Waals surface area contributed by atoms with Gasteiger partial charge in [-0.3, -0.25) is 10.0 Å². The third-order valence-corrected chi connectivity index (χ3v) is 7.38. The first-order chi connectivity index (χ1) is 13.0. The van der Waals surface area contributed by atoms with Crippen LogP contribution in [0.5, 0.6) is 0 Å². The Bertz CT molecular complexity index is 780. The zero-order valence-corrected chi connectivity index (χ0v) is 16.1. The van der Waals surface area contributed by atoms with Gasteiger partial charge in [0.25, 0.3) is 5.91 Å². The van der Waals surface area contributed by atoms with Gasteiger partial charge in [-0.05, 0) is 43.4 Å². The Labute approximate surface area is 160 Å². The van der Waals surface area contributed by atoms with E-state index in [0.717, 1.165) is 62.9 Å². The van der Waals surface area contributed by atoms with Crippen molar-refractivity contribution in [2.75, 3.05) is 18.0 Å². The zero-order valence-electron chi connectivity index (χ0n) is 15.3. The van der Waals surface area contributed by atoms with Crippen molar-refractivity contribution in [3.63, 3.8) is 0 Å². The summed E-state index contributed by atoms with van der Waals surface area (Å²) in [6.07, 6.45) is 8.00. The van der Waals surface area contributed by atoms with E-state index >= 15 is 0 Å². The first-order valence-electron chi connectivity index (χ1n) is 9.47. The molecule has 1 aromatic rings. The van der Waals surface area contributed by atoms with Gasteiger partial charge in [0.2, 0.25) is 10.0 Å². The molecule has 0 unspecified atom stereocenters. The maximum absolute atomic E-state index is 12.5. The van der Waals surface area contributed by atoms with Gasteiger partial charge in [-0.25, -0.2) is 18.6 Å². The predicted octanol–water partition coefficient (Wildman–Crippen LogP) is 2.04. The fraction of sp³-hybridized carbons (Fsp3) is 0.526. The third kappa shape index (κ3) is 5.09. The van der Waals surface area contributed by atoms with Gasteiger partial charge in [-0.15, -0.1) is 0 Å². The highest BCUT2D eigenvalue weighted by molar-refractivity contribution is 7.90. The van der Waals surface area contributed by atoms with E-state index in [2.05, 4.69) is 9.62 Å². The van der Waals surface area contributed by atoms with Gasteiger partial charge in [0.05, 0.1) is 5.25 Å². The summed E-state index contributed by atoms with van der Waals surface area (Å²) < 4.78 is 27.9. The molecule has 2 aliphatic rings. The molecule has 0 radical (unpaired) electrons. The lowest BCUT2D eigenvalue weighted by molar-refractivity contribution is -0.124. The summed E-state index contributed by atoms with van der Waals surface area (Å²) in [5.41, 5.74) is 3.46. The van der Waals surface area contributed by atoms with Crippen molar-refractivity contribution in [1.82, 2.24) is 10.2 Å². The van der Waals surface area contributed by atoms with Crippen LogP contribution in [0.3, 0.4) is 0 Å². The summed E-state index contributed by atoms with van der Waals surface area (Å²) in [7, 11) is -3.22. The molecular formula is C19H27N3O4S. The van der Waals surface area contributed by atoms with Gasteiger partial charge < -0.3 is 4.90 Å². The fourth-order valence-corrected chi connectivity index (χ4v) is 5.73. The van der Waals surface area contributed by atoms with E-state index in [0.29, 0.717) is 0 Å². The molecule has 1 aromatic carbocycles. The van der Waals surface area contributed by atoms with E-state index in [1.54, 1.807) is 11.6 Å². The number of nitrogens with zero attached hydrogens (tertiary/aromatic N) is 1. The van der Waals surface area contributed by atoms with Crippen LogP contribution >= 0.6 is 0 Å². The summed E-state index contributed by atoms with van der Waals surface area (Å²) in [5, 5.41) is 8.39. The van der Waals surface area contributed by atoms with Gasteiger partial charge in [0.1, 0.15) is 0 Å². The maximum Gasteiger partial charge on any atom is 0.267 e. The first-order valence-corrected chi connectivity index (χ1v) is 11.0. The average molecular weight is 394 g/mol. The van der Waals surface area contributed by atoms with Gasteiger partial charge in [-0.2, -0.15) is 0 Å².